The molecule has 2 unspecified atom stereocenters. The molecule has 9 heteroatoms. The van der Waals surface area contributed by atoms with Crippen LogP contribution in [0.15, 0.2) is 59.7 Å². The normalized spacial score (nSPS) is 12.9. The van der Waals surface area contributed by atoms with Crippen LogP contribution in [0.2, 0.25) is 0 Å². The third kappa shape index (κ3) is 5.04. The van der Waals surface area contributed by atoms with Crippen LogP contribution in [-0.4, -0.2) is 44.9 Å². The predicted octanol–water partition coefficient (Wildman–Crippen LogP) is 3.83. The maximum Gasteiger partial charge on any atom is 0.280 e. The summed E-state index contributed by atoms with van der Waals surface area (Å²) < 4.78 is 12.4. The lowest BCUT2D eigenvalue weighted by molar-refractivity contribution is 0.125. The fraction of sp³-hybridized carbons (Fsp3) is 0.320. The molecule has 0 bridgehead atoms. The second-order valence-corrected chi connectivity index (χ2v) is 8.12. The molecule has 0 fully saturated rings. The number of benzene rings is 2. The van der Waals surface area contributed by atoms with Crippen molar-refractivity contribution in [1.82, 2.24) is 19.5 Å². The van der Waals surface area contributed by atoms with Crippen LogP contribution < -0.4 is 20.3 Å². The van der Waals surface area contributed by atoms with Gasteiger partial charge in [0, 0.05) is 11.8 Å². The van der Waals surface area contributed by atoms with E-state index < -0.39 is 6.10 Å². The first-order chi connectivity index (χ1) is 16.5. The summed E-state index contributed by atoms with van der Waals surface area (Å²) in [5.74, 6) is 1.41. The molecule has 0 amide bonds. The zero-order chi connectivity index (χ0) is 24.1. The number of hydrogen-bond donors (Lipinski definition) is 3. The van der Waals surface area contributed by atoms with E-state index in [4.69, 9.17) is 9.47 Å². The van der Waals surface area contributed by atoms with Crippen molar-refractivity contribution in [2.45, 2.75) is 38.3 Å². The number of imidazole rings is 1. The minimum Gasteiger partial charge on any atom is -0.493 e. The monoisotopic (exact) mass is 463 g/mol. The van der Waals surface area contributed by atoms with Gasteiger partial charge < -0.3 is 24.5 Å². The van der Waals surface area contributed by atoms with Crippen molar-refractivity contribution in [2.24, 2.45) is 0 Å². The van der Waals surface area contributed by atoms with Gasteiger partial charge in [-0.15, -0.1) is 0 Å². The summed E-state index contributed by atoms with van der Waals surface area (Å²) in [6, 6.07) is 15.3. The Kier molecular flexibility index (Phi) is 7.12. The second kappa shape index (κ2) is 10.4. The van der Waals surface area contributed by atoms with Gasteiger partial charge in [0.2, 0.25) is 5.95 Å². The molecule has 2 aromatic carbocycles. The van der Waals surface area contributed by atoms with Gasteiger partial charge in [-0.1, -0.05) is 30.3 Å². The van der Waals surface area contributed by atoms with E-state index in [1.54, 1.807) is 50.2 Å². The molecule has 9 nitrogen and oxygen atoms in total. The number of hydrogen-bond acceptors (Lipinski definition) is 7. The Bertz CT molecular complexity index is 1300. The molecule has 0 aliphatic heterocycles. The van der Waals surface area contributed by atoms with Crippen molar-refractivity contribution in [3.8, 4) is 11.5 Å². The third-order valence-corrected chi connectivity index (χ3v) is 5.80. The van der Waals surface area contributed by atoms with E-state index in [2.05, 4.69) is 32.4 Å². The highest BCUT2D eigenvalue weighted by Gasteiger charge is 2.21. The molecule has 2 atom stereocenters. The molecule has 0 radical (unpaired) electrons. The van der Waals surface area contributed by atoms with Gasteiger partial charge in [0.1, 0.15) is 0 Å². The molecule has 178 valence electrons. The van der Waals surface area contributed by atoms with Crippen LogP contribution >= 0.6 is 0 Å². The Morgan fingerprint density at radius 2 is 1.88 bits per heavy atom. The van der Waals surface area contributed by atoms with Crippen LogP contribution in [0.5, 0.6) is 11.5 Å². The average molecular weight is 464 g/mol. The lowest BCUT2D eigenvalue weighted by Gasteiger charge is -2.22. The Labute approximate surface area is 197 Å². The van der Waals surface area contributed by atoms with Crippen LogP contribution in [0.25, 0.3) is 11.2 Å². The van der Waals surface area contributed by atoms with Crippen molar-refractivity contribution >= 4 is 22.8 Å². The summed E-state index contributed by atoms with van der Waals surface area (Å²) in [6.07, 6.45) is 3.42. The van der Waals surface area contributed by atoms with E-state index in [1.165, 1.54) is 5.56 Å². The maximum atomic E-state index is 12.7. The minimum absolute atomic E-state index is 0.228. The Morgan fingerprint density at radius 1 is 1.12 bits per heavy atom. The number of ether oxygens (including phenoxy) is 2. The third-order valence-electron chi connectivity index (χ3n) is 5.80. The number of nitrogens with one attached hydrogen (secondary N) is 2. The van der Waals surface area contributed by atoms with Gasteiger partial charge in [-0.2, -0.15) is 4.98 Å². The van der Waals surface area contributed by atoms with Gasteiger partial charge in [-0.05, 0) is 43.9 Å². The van der Waals surface area contributed by atoms with E-state index in [9.17, 15) is 9.90 Å². The highest BCUT2D eigenvalue weighted by Crippen LogP contribution is 2.31. The van der Waals surface area contributed by atoms with E-state index in [0.29, 0.717) is 29.3 Å². The largest absolute Gasteiger partial charge is 0.493 e. The lowest BCUT2D eigenvalue weighted by atomic mass is 10.0. The van der Waals surface area contributed by atoms with Crippen LogP contribution in [0.3, 0.4) is 0 Å². The number of methoxy groups -OCH3 is 2. The van der Waals surface area contributed by atoms with Crippen molar-refractivity contribution in [3.63, 3.8) is 0 Å². The SMILES string of the molecule is COc1ccc(Nc2nc3c(ncn3C(CCCc3ccccc3)C(C)O)c(=O)[nH]2)cc1OC. The molecule has 0 aliphatic rings. The summed E-state index contributed by atoms with van der Waals surface area (Å²) in [6.45, 7) is 1.75. The molecule has 34 heavy (non-hydrogen) atoms. The fourth-order valence-corrected chi connectivity index (χ4v) is 4.05. The second-order valence-electron chi connectivity index (χ2n) is 8.12. The van der Waals surface area contributed by atoms with Gasteiger partial charge >= 0.3 is 0 Å². The van der Waals surface area contributed by atoms with E-state index >= 15 is 0 Å². The Hall–Kier alpha value is -3.85. The van der Waals surface area contributed by atoms with E-state index in [0.717, 1.165) is 12.8 Å². The smallest absolute Gasteiger partial charge is 0.280 e. The van der Waals surface area contributed by atoms with E-state index in [-0.39, 0.29) is 23.1 Å². The van der Waals surface area contributed by atoms with Crippen molar-refractivity contribution in [3.05, 3.63) is 70.8 Å². The molecule has 2 aromatic heterocycles. The number of H-pyrrole nitrogens is 1. The molecular weight excluding hydrogens is 434 g/mol. The molecule has 0 spiro atoms. The van der Waals surface area contributed by atoms with Gasteiger partial charge in [-0.25, -0.2) is 4.98 Å². The Balaban J connectivity index is 1.60. The summed E-state index contributed by atoms with van der Waals surface area (Å²) in [5, 5.41) is 13.6. The summed E-state index contributed by atoms with van der Waals surface area (Å²) in [5.41, 5.74) is 2.20. The average Bonchev–Trinajstić information content (AvgIpc) is 3.26. The summed E-state index contributed by atoms with van der Waals surface area (Å²) in [4.78, 5) is 24.3. The first-order valence-corrected chi connectivity index (χ1v) is 11.2. The molecule has 0 aliphatic carbocycles. The number of anilines is 2. The predicted molar refractivity (Wildman–Crippen MR) is 131 cm³/mol. The molecule has 0 saturated carbocycles. The number of nitrogens with zero attached hydrogens (tertiary/aromatic N) is 3. The first-order valence-electron chi connectivity index (χ1n) is 11.2. The van der Waals surface area contributed by atoms with Crippen molar-refractivity contribution in [1.29, 1.82) is 0 Å². The zero-order valence-corrected chi connectivity index (χ0v) is 19.5. The Morgan fingerprint density at radius 3 is 2.59 bits per heavy atom. The zero-order valence-electron chi connectivity index (χ0n) is 19.5. The number of aromatic amines is 1. The van der Waals surface area contributed by atoms with Gasteiger partial charge in [-0.3, -0.25) is 9.78 Å². The standard InChI is InChI=1S/C25H29N5O4/c1-16(31)19(11-7-10-17-8-5-4-6-9-17)30-15-26-22-23(30)28-25(29-24(22)32)27-18-12-13-20(33-2)21(14-18)34-3/h4-6,8-9,12-16,19,31H,7,10-11H2,1-3H3,(H2,27,28,29,32). The van der Waals surface area contributed by atoms with Crippen LogP contribution in [0.1, 0.15) is 31.4 Å². The summed E-state index contributed by atoms with van der Waals surface area (Å²) in [7, 11) is 3.12. The highest BCUT2D eigenvalue weighted by molar-refractivity contribution is 5.72. The molecule has 0 saturated heterocycles. The summed E-state index contributed by atoms with van der Waals surface area (Å²) >= 11 is 0. The first kappa shape index (κ1) is 23.3. The maximum absolute atomic E-state index is 12.7. The van der Waals surface area contributed by atoms with Crippen molar-refractivity contribution < 1.29 is 14.6 Å². The number of aliphatic hydroxyl groups is 1. The molecule has 4 aromatic rings. The van der Waals surface area contributed by atoms with Gasteiger partial charge in [0.15, 0.2) is 22.7 Å². The topological polar surface area (TPSA) is 114 Å². The highest BCUT2D eigenvalue weighted by atomic mass is 16.5. The molecule has 4 rings (SSSR count). The molecule has 2 heterocycles. The fourth-order valence-electron chi connectivity index (χ4n) is 4.05. The number of aromatic nitrogens is 4. The minimum atomic E-state index is -0.642. The lowest BCUT2D eigenvalue weighted by Crippen LogP contribution is -2.22. The molecule has 3 N–H and O–H groups in total. The number of aryl methyl sites for hydroxylation is 1. The quantitative estimate of drug-likeness (QED) is 0.327. The van der Waals surface area contributed by atoms with Crippen molar-refractivity contribution in [2.75, 3.05) is 19.5 Å². The van der Waals surface area contributed by atoms with Crippen LogP contribution in [0.4, 0.5) is 11.6 Å². The number of fused-ring (bicyclic) bond motifs is 1. The van der Waals surface area contributed by atoms with Crippen LogP contribution in [0, 0.1) is 0 Å². The van der Waals surface area contributed by atoms with Crippen LogP contribution in [-0.2, 0) is 6.42 Å². The van der Waals surface area contributed by atoms with E-state index in [1.807, 2.05) is 18.2 Å². The van der Waals surface area contributed by atoms with Gasteiger partial charge in [0.05, 0.1) is 32.7 Å². The van der Waals surface area contributed by atoms with Gasteiger partial charge in [0.25, 0.3) is 5.56 Å². The number of aliphatic hydroxyl groups excluding tert-OH is 1. The molecular formula is C25H29N5O4. The number of rotatable bonds is 10.